The van der Waals surface area contributed by atoms with Crippen LogP contribution in [-0.2, 0) is 0 Å². The van der Waals surface area contributed by atoms with Gasteiger partial charge in [0.15, 0.2) is 11.6 Å². The van der Waals surface area contributed by atoms with E-state index in [0.29, 0.717) is 0 Å². The second kappa shape index (κ2) is 1.77. The van der Waals surface area contributed by atoms with E-state index >= 15 is 0 Å². The molecule has 0 saturated carbocycles. The van der Waals surface area contributed by atoms with Gasteiger partial charge in [0, 0.05) is 0 Å². The number of nitrogens with one attached hydrogen (secondary N) is 1. The summed E-state index contributed by atoms with van der Waals surface area (Å²) in [5.74, 6) is -0.0116. The Morgan fingerprint density at radius 1 is 1.67 bits per heavy atom. The Kier molecular flexibility index (Phi) is 1.21. The van der Waals surface area contributed by atoms with Gasteiger partial charge in [-0.15, -0.1) is 0 Å². The molecule has 1 aliphatic heterocycles. The molecule has 1 aliphatic rings. The molecule has 0 aromatic heterocycles. The fourth-order valence-corrected chi connectivity index (χ4v) is 0.669. The first-order chi connectivity index (χ1) is 4.10. The van der Waals surface area contributed by atoms with Crippen LogP contribution in [0.15, 0.2) is 24.1 Å². The second-order valence-electron chi connectivity index (χ2n) is 2.18. The molecule has 0 aromatic carbocycles. The lowest BCUT2D eigenvalue weighted by Gasteiger charge is -2.23. The lowest BCUT2D eigenvalue weighted by atomic mass is 10.2. The normalized spacial score (nSPS) is 33.3. The summed E-state index contributed by atoms with van der Waals surface area (Å²) in [6, 6.07) is 0. The zero-order chi connectivity index (χ0) is 6.91. The molecule has 1 atom stereocenters. The highest BCUT2D eigenvalue weighted by molar-refractivity contribution is 5.17. The van der Waals surface area contributed by atoms with Crippen LogP contribution >= 0.6 is 0 Å². The molecule has 1 unspecified atom stereocenters. The first kappa shape index (κ1) is 6.16. The van der Waals surface area contributed by atoms with Gasteiger partial charge in [-0.2, -0.15) is 0 Å². The SMILES string of the molecule is CC1(O)C=CC=C(O)N1. The van der Waals surface area contributed by atoms with Crippen LogP contribution in [0.3, 0.4) is 0 Å². The van der Waals surface area contributed by atoms with Crippen molar-refractivity contribution in [2.75, 3.05) is 0 Å². The van der Waals surface area contributed by atoms with Gasteiger partial charge in [-0.05, 0) is 19.1 Å². The molecule has 3 heteroatoms. The van der Waals surface area contributed by atoms with Gasteiger partial charge < -0.3 is 15.5 Å². The van der Waals surface area contributed by atoms with Crippen molar-refractivity contribution in [2.24, 2.45) is 0 Å². The summed E-state index contributed by atoms with van der Waals surface area (Å²) in [6.45, 7) is 1.55. The molecule has 0 bridgehead atoms. The van der Waals surface area contributed by atoms with Gasteiger partial charge in [-0.1, -0.05) is 6.08 Å². The Morgan fingerprint density at radius 3 is 2.67 bits per heavy atom. The first-order valence-corrected chi connectivity index (χ1v) is 2.69. The van der Waals surface area contributed by atoms with Crippen LogP contribution in [0.1, 0.15) is 6.92 Å². The maximum absolute atomic E-state index is 9.15. The zero-order valence-electron chi connectivity index (χ0n) is 5.13. The summed E-state index contributed by atoms with van der Waals surface area (Å²) in [6.07, 6.45) is 4.61. The summed E-state index contributed by atoms with van der Waals surface area (Å²) in [5, 5.41) is 20.4. The zero-order valence-corrected chi connectivity index (χ0v) is 5.13. The van der Waals surface area contributed by atoms with Crippen LogP contribution in [0.25, 0.3) is 0 Å². The molecule has 0 saturated heterocycles. The van der Waals surface area contributed by atoms with E-state index < -0.39 is 5.72 Å². The number of dihydropyridines is 1. The van der Waals surface area contributed by atoms with Crippen LogP contribution in [0.5, 0.6) is 0 Å². The second-order valence-corrected chi connectivity index (χ2v) is 2.18. The van der Waals surface area contributed by atoms with E-state index in [-0.39, 0.29) is 5.88 Å². The Morgan fingerprint density at radius 2 is 2.33 bits per heavy atom. The molecular weight excluding hydrogens is 118 g/mol. The molecule has 0 aliphatic carbocycles. The number of hydrogen-bond acceptors (Lipinski definition) is 3. The molecule has 3 nitrogen and oxygen atoms in total. The van der Waals surface area contributed by atoms with E-state index in [1.807, 2.05) is 0 Å². The minimum Gasteiger partial charge on any atom is -0.495 e. The summed E-state index contributed by atoms with van der Waals surface area (Å²) in [4.78, 5) is 0. The predicted molar refractivity (Wildman–Crippen MR) is 33.6 cm³/mol. The lowest BCUT2D eigenvalue weighted by molar-refractivity contribution is 0.0666. The molecule has 3 N–H and O–H groups in total. The summed E-state index contributed by atoms with van der Waals surface area (Å²) in [5.41, 5.74) is -1.10. The number of allylic oxidation sites excluding steroid dienone is 2. The summed E-state index contributed by atoms with van der Waals surface area (Å²) in [7, 11) is 0. The quantitative estimate of drug-likeness (QED) is 0.437. The highest BCUT2D eigenvalue weighted by Gasteiger charge is 2.17. The van der Waals surface area contributed by atoms with Gasteiger partial charge in [0.1, 0.15) is 0 Å². The van der Waals surface area contributed by atoms with Gasteiger partial charge in [0.25, 0.3) is 0 Å². The van der Waals surface area contributed by atoms with Gasteiger partial charge in [0.2, 0.25) is 0 Å². The van der Waals surface area contributed by atoms with Crippen molar-refractivity contribution in [1.82, 2.24) is 5.32 Å². The molecular formula is C6H9NO2. The number of aliphatic hydroxyl groups is 2. The lowest BCUT2D eigenvalue weighted by Crippen LogP contribution is -2.40. The Bertz CT molecular complexity index is 170. The van der Waals surface area contributed by atoms with Crippen molar-refractivity contribution in [3.63, 3.8) is 0 Å². The monoisotopic (exact) mass is 127 g/mol. The van der Waals surface area contributed by atoms with E-state index in [1.165, 1.54) is 6.08 Å². The van der Waals surface area contributed by atoms with Crippen LogP contribution in [-0.4, -0.2) is 15.9 Å². The van der Waals surface area contributed by atoms with Crippen LogP contribution in [0.2, 0.25) is 0 Å². The van der Waals surface area contributed by atoms with Crippen molar-refractivity contribution in [1.29, 1.82) is 0 Å². The number of aliphatic hydroxyl groups excluding tert-OH is 1. The largest absolute Gasteiger partial charge is 0.495 e. The van der Waals surface area contributed by atoms with Gasteiger partial charge in [0.05, 0.1) is 0 Å². The van der Waals surface area contributed by atoms with Crippen molar-refractivity contribution < 1.29 is 10.2 Å². The minimum atomic E-state index is -1.10. The topological polar surface area (TPSA) is 52.5 Å². The molecule has 0 amide bonds. The van der Waals surface area contributed by atoms with Crippen LogP contribution < -0.4 is 5.32 Å². The summed E-state index contributed by atoms with van der Waals surface area (Å²) >= 11 is 0. The fraction of sp³-hybridized carbons (Fsp3) is 0.333. The third-order valence-electron chi connectivity index (χ3n) is 1.06. The average molecular weight is 127 g/mol. The van der Waals surface area contributed by atoms with E-state index in [4.69, 9.17) is 10.2 Å². The van der Waals surface area contributed by atoms with Crippen molar-refractivity contribution in [3.05, 3.63) is 24.1 Å². The Hall–Kier alpha value is -0.960. The van der Waals surface area contributed by atoms with Crippen molar-refractivity contribution in [3.8, 4) is 0 Å². The van der Waals surface area contributed by atoms with Gasteiger partial charge >= 0.3 is 0 Å². The first-order valence-electron chi connectivity index (χ1n) is 2.69. The predicted octanol–water partition coefficient (Wildman–Crippen LogP) is 0.254. The van der Waals surface area contributed by atoms with Gasteiger partial charge in [-0.25, -0.2) is 0 Å². The Labute approximate surface area is 53.3 Å². The molecule has 0 radical (unpaired) electrons. The average Bonchev–Trinajstić information content (AvgIpc) is 1.60. The Balaban J connectivity index is 2.73. The van der Waals surface area contributed by atoms with Crippen molar-refractivity contribution >= 4 is 0 Å². The highest BCUT2D eigenvalue weighted by atomic mass is 16.3. The molecule has 50 valence electrons. The fourth-order valence-electron chi connectivity index (χ4n) is 0.669. The highest BCUT2D eigenvalue weighted by Crippen LogP contribution is 2.07. The standard InChI is InChI=1S/C6H9NO2/c1-6(9)4-2-3-5(8)7-6/h2-4,7-9H,1H3. The van der Waals surface area contributed by atoms with E-state index in [2.05, 4.69) is 5.32 Å². The third-order valence-corrected chi connectivity index (χ3v) is 1.06. The molecule has 0 spiro atoms. The molecule has 0 aromatic rings. The van der Waals surface area contributed by atoms with Gasteiger partial charge in [-0.3, -0.25) is 0 Å². The minimum absolute atomic E-state index is 0.0116. The number of hydrogen-bond donors (Lipinski definition) is 3. The van der Waals surface area contributed by atoms with Crippen LogP contribution in [0, 0.1) is 0 Å². The smallest absolute Gasteiger partial charge is 0.186 e. The maximum atomic E-state index is 9.15. The molecule has 0 fully saturated rings. The van der Waals surface area contributed by atoms with E-state index in [1.54, 1.807) is 19.1 Å². The van der Waals surface area contributed by atoms with E-state index in [0.717, 1.165) is 0 Å². The van der Waals surface area contributed by atoms with E-state index in [9.17, 15) is 0 Å². The van der Waals surface area contributed by atoms with Crippen LogP contribution in [0.4, 0.5) is 0 Å². The molecule has 1 heterocycles. The summed E-state index contributed by atoms with van der Waals surface area (Å²) < 4.78 is 0. The molecule has 9 heavy (non-hydrogen) atoms. The maximum Gasteiger partial charge on any atom is 0.186 e. The van der Waals surface area contributed by atoms with Crippen molar-refractivity contribution in [2.45, 2.75) is 12.6 Å². The molecule has 1 rings (SSSR count). The third kappa shape index (κ3) is 1.47. The number of rotatable bonds is 0.